The maximum absolute atomic E-state index is 9.96. The first-order valence-corrected chi connectivity index (χ1v) is 7.05. The van der Waals surface area contributed by atoms with E-state index in [-0.39, 0.29) is 11.8 Å². The number of carboxylic acids is 1. The quantitative estimate of drug-likeness (QED) is 0.606. The summed E-state index contributed by atoms with van der Waals surface area (Å²) >= 11 is 14.3. The molecule has 0 amide bonds. The smallest absolute Gasteiger partial charge is 0.318 e. The lowest BCUT2D eigenvalue weighted by Gasteiger charge is -1.69. The first-order chi connectivity index (χ1) is 7.69. The molecule has 100 valence electrons. The molecule has 0 heterocycles. The van der Waals surface area contributed by atoms with Gasteiger partial charge in [-0.05, 0) is 11.6 Å². The molecule has 0 bridgehead atoms. The minimum atomic E-state index is -1.67. The number of alkyl halides is 3. The fraction of sp³-hybridized carbons (Fsp3) is 0.600. The van der Waals surface area contributed by atoms with Crippen LogP contribution in [0.15, 0.2) is 0 Å². The molecule has 11 heteroatoms. The molecular weight excluding hydrogens is 352 g/mol. The van der Waals surface area contributed by atoms with Crippen LogP contribution in [0.1, 0.15) is 1.37 Å². The maximum Gasteiger partial charge on any atom is 0.318 e. The van der Waals surface area contributed by atoms with Crippen LogP contribution in [0.25, 0.3) is 0 Å². The molecular formula is C5H8Cl5FO4S. The Morgan fingerprint density at radius 2 is 1.50 bits per heavy atom. The summed E-state index contributed by atoms with van der Waals surface area (Å²) in [5, 5.41) is 7.08. The Bertz CT molecular complexity index is 193. The Hall–Kier alpha value is 0.670. The molecule has 0 aromatic heterocycles. The SMILES string of the molecule is O=C(Cl)CCl.O=C(O)CCl.O=S(Cl)Cl.[2H]CF. The molecule has 0 rings (SSSR count). The average Bonchev–Trinajstić information content (AvgIpc) is 2.19. The van der Waals surface area contributed by atoms with Gasteiger partial charge in [-0.2, -0.15) is 0 Å². The number of aliphatic carboxylic acids is 1. The molecule has 16 heavy (non-hydrogen) atoms. The standard InChI is InChI=1S/C2H2Cl2O.C2H3ClO2.CH3F.Cl2OS/c2*3-1-2(4)5;1-2;1-4(2)3/h1H2;1H2,(H,4,5);1H3;/i;;1D;. The van der Waals surface area contributed by atoms with Crippen LogP contribution in [0, 0.1) is 0 Å². The highest BCUT2D eigenvalue weighted by molar-refractivity contribution is 8.26. The molecule has 0 aliphatic rings. The van der Waals surface area contributed by atoms with Crippen molar-refractivity contribution >= 4 is 76.6 Å². The van der Waals surface area contributed by atoms with Gasteiger partial charge in [-0.25, -0.2) is 4.21 Å². The van der Waals surface area contributed by atoms with Crippen molar-refractivity contribution in [3.8, 4) is 0 Å². The van der Waals surface area contributed by atoms with Gasteiger partial charge >= 0.3 is 5.97 Å². The van der Waals surface area contributed by atoms with E-state index in [4.69, 9.17) is 45.5 Å². The summed E-state index contributed by atoms with van der Waals surface area (Å²) in [6.45, 7) is 0. The monoisotopic (exact) mass is 359 g/mol. The number of carboxylic acid groups (broad SMARTS) is 1. The van der Waals surface area contributed by atoms with Crippen molar-refractivity contribution in [1.82, 2.24) is 0 Å². The minimum absolute atomic E-state index is 0.0957. The zero-order valence-electron chi connectivity index (χ0n) is 8.47. The first-order valence-electron chi connectivity index (χ1n) is 3.51. The average molecular weight is 361 g/mol. The van der Waals surface area contributed by atoms with E-state index >= 15 is 0 Å². The Morgan fingerprint density at radius 3 is 1.50 bits per heavy atom. The van der Waals surface area contributed by atoms with Gasteiger partial charge in [0.2, 0.25) is 14.5 Å². The van der Waals surface area contributed by atoms with Crippen LogP contribution in [0.5, 0.6) is 0 Å². The van der Waals surface area contributed by atoms with E-state index in [1.807, 2.05) is 0 Å². The number of carbonyl (C=O) groups excluding carboxylic acids is 1. The van der Waals surface area contributed by atoms with Crippen molar-refractivity contribution in [3.05, 3.63) is 0 Å². The predicted octanol–water partition coefficient (Wildman–Crippen LogP) is 2.93. The Morgan fingerprint density at radius 1 is 1.38 bits per heavy atom. The van der Waals surface area contributed by atoms with Gasteiger partial charge in [0.1, 0.15) is 5.88 Å². The molecule has 0 aliphatic carbocycles. The zero-order chi connectivity index (χ0) is 14.9. The summed E-state index contributed by atoms with van der Waals surface area (Å²) in [7, 11) is 6.36. The van der Waals surface area contributed by atoms with Crippen LogP contribution < -0.4 is 0 Å². The second-order valence-corrected chi connectivity index (χ2v) is 4.68. The molecule has 0 unspecified atom stereocenters. The van der Waals surface area contributed by atoms with E-state index < -0.39 is 27.6 Å². The molecule has 0 fully saturated rings. The molecule has 0 radical (unpaired) electrons. The highest BCUT2D eigenvalue weighted by Crippen LogP contribution is 1.89. The largest absolute Gasteiger partial charge is 0.480 e. The van der Waals surface area contributed by atoms with Crippen LogP contribution in [0.3, 0.4) is 0 Å². The van der Waals surface area contributed by atoms with E-state index in [0.717, 1.165) is 0 Å². The highest BCUT2D eigenvalue weighted by atomic mass is 36.0. The lowest BCUT2D eigenvalue weighted by Crippen LogP contribution is -1.92. The van der Waals surface area contributed by atoms with Crippen molar-refractivity contribution in [3.63, 3.8) is 0 Å². The van der Waals surface area contributed by atoms with Crippen LogP contribution >= 0.6 is 56.2 Å². The van der Waals surface area contributed by atoms with E-state index in [9.17, 15) is 14.0 Å². The summed E-state index contributed by atoms with van der Waals surface area (Å²) in [6, 6.07) is 0. The Labute approximate surface area is 120 Å². The van der Waals surface area contributed by atoms with Crippen molar-refractivity contribution in [2.24, 2.45) is 0 Å². The van der Waals surface area contributed by atoms with Crippen molar-refractivity contribution in [2.45, 2.75) is 0 Å². The molecule has 1 N–H and O–H groups in total. The second kappa shape index (κ2) is 24.8. The second-order valence-electron chi connectivity index (χ2n) is 1.20. The van der Waals surface area contributed by atoms with E-state index in [2.05, 4.69) is 21.4 Å². The van der Waals surface area contributed by atoms with E-state index in [0.29, 0.717) is 0 Å². The van der Waals surface area contributed by atoms with Crippen LogP contribution in [0.4, 0.5) is 4.39 Å². The summed E-state index contributed by atoms with van der Waals surface area (Å²) in [5.41, 5.74) is 0. The number of hydrogen-bond acceptors (Lipinski definition) is 3. The van der Waals surface area contributed by atoms with Gasteiger partial charge in [0.15, 0.2) is 0 Å². The van der Waals surface area contributed by atoms with Crippen LogP contribution in [0.2, 0.25) is 0 Å². The van der Waals surface area contributed by atoms with Crippen molar-refractivity contribution in [2.75, 3.05) is 18.9 Å². The Kier molecular flexibility index (Phi) is 33.9. The summed E-state index contributed by atoms with van der Waals surface area (Å²) < 4.78 is 24.6. The zero-order valence-corrected chi connectivity index (χ0v) is 12.1. The van der Waals surface area contributed by atoms with Crippen molar-refractivity contribution < 1.29 is 24.7 Å². The number of hydrogen-bond donors (Lipinski definition) is 1. The van der Waals surface area contributed by atoms with Crippen LogP contribution in [-0.2, 0) is 18.8 Å². The third-order valence-corrected chi connectivity index (χ3v) is 0.961. The number of halogens is 6. The van der Waals surface area contributed by atoms with Gasteiger partial charge in [0.05, 0.1) is 14.4 Å². The normalized spacial score (nSPS) is 8.06. The fourth-order valence-electron chi connectivity index (χ4n) is 0. The molecule has 4 nitrogen and oxygen atoms in total. The fourth-order valence-corrected chi connectivity index (χ4v) is 0. The highest BCUT2D eigenvalue weighted by Gasteiger charge is 1.83. The summed E-state index contributed by atoms with van der Waals surface area (Å²) in [4.78, 5) is 18.7. The third-order valence-electron chi connectivity index (χ3n) is 0.219. The lowest BCUT2D eigenvalue weighted by molar-refractivity contribution is -0.134. The summed E-state index contributed by atoms with van der Waals surface area (Å²) in [6.07, 6.45) is 0. The molecule has 0 aromatic carbocycles. The Balaban J connectivity index is -0.0000000676. The van der Waals surface area contributed by atoms with Crippen molar-refractivity contribution in [1.29, 1.82) is 0 Å². The molecule has 0 spiro atoms. The topological polar surface area (TPSA) is 71.4 Å². The molecule has 0 aromatic rings. The van der Waals surface area contributed by atoms with Gasteiger partial charge in [-0.15, -0.1) is 23.2 Å². The predicted molar refractivity (Wildman–Crippen MR) is 66.8 cm³/mol. The third kappa shape index (κ3) is 126. The van der Waals surface area contributed by atoms with Gasteiger partial charge in [-0.3, -0.25) is 14.0 Å². The number of carbonyl (C=O) groups is 2. The summed E-state index contributed by atoms with van der Waals surface area (Å²) in [5.74, 6) is -1.38. The van der Waals surface area contributed by atoms with Gasteiger partial charge in [0, 0.05) is 21.4 Å². The molecule has 0 aliphatic heterocycles. The van der Waals surface area contributed by atoms with E-state index in [1.165, 1.54) is 0 Å². The number of rotatable bonds is 2. The molecule has 0 atom stereocenters. The van der Waals surface area contributed by atoms with Gasteiger partial charge < -0.3 is 5.11 Å². The van der Waals surface area contributed by atoms with E-state index in [1.54, 1.807) is 0 Å². The van der Waals surface area contributed by atoms with Gasteiger partial charge in [-0.1, -0.05) is 0 Å². The van der Waals surface area contributed by atoms with Gasteiger partial charge in [0.25, 0.3) is 0 Å². The first kappa shape index (κ1) is 21.9. The molecule has 0 saturated carbocycles. The maximum atomic E-state index is 9.96. The van der Waals surface area contributed by atoms with Crippen LogP contribution in [-0.4, -0.2) is 39.4 Å². The molecule has 0 saturated heterocycles. The lowest BCUT2D eigenvalue weighted by atomic mass is 10.8. The minimum Gasteiger partial charge on any atom is -0.480 e.